The van der Waals surface area contributed by atoms with Crippen LogP contribution in [0.2, 0.25) is 0 Å². The smallest absolute Gasteiger partial charge is 0.308 e. The zero-order valence-corrected chi connectivity index (χ0v) is 13.7. The van der Waals surface area contributed by atoms with Gasteiger partial charge in [0.15, 0.2) is 12.4 Å². The second kappa shape index (κ2) is 9.02. The molecule has 0 fully saturated rings. The Morgan fingerprint density at radius 2 is 1.81 bits per heavy atom. The molecule has 2 aromatic rings. The van der Waals surface area contributed by atoms with Gasteiger partial charge in [-0.1, -0.05) is 0 Å². The van der Waals surface area contributed by atoms with Crippen LogP contribution in [0.3, 0.4) is 0 Å². The number of amides is 3. The largest absolute Gasteiger partial charge is 0.459 e. The predicted octanol–water partition coefficient (Wildman–Crippen LogP) is 0.680. The average molecular weight is 359 g/mol. The molecule has 2 rings (SSSR count). The van der Waals surface area contributed by atoms with Gasteiger partial charge in [0.2, 0.25) is 5.91 Å². The van der Waals surface area contributed by atoms with Crippen LogP contribution in [0.25, 0.3) is 0 Å². The summed E-state index contributed by atoms with van der Waals surface area (Å²) in [7, 11) is 0. The molecule has 0 saturated carbocycles. The number of rotatable bonds is 8. The number of primary amides is 1. The molecule has 0 spiro atoms. The number of carbonyl (C=O) groups excluding carboxylic acids is 4. The number of nitrogens with two attached hydrogens (primary N) is 1. The second-order valence-corrected chi connectivity index (χ2v) is 5.13. The normalized spacial score (nSPS) is 10.0. The Labute approximate surface area is 148 Å². The molecule has 26 heavy (non-hydrogen) atoms. The molecule has 0 atom stereocenters. The molecule has 0 aliphatic carbocycles. The fraction of sp³-hybridized carbons (Fsp3) is 0.176. The van der Waals surface area contributed by atoms with Gasteiger partial charge in [-0.25, -0.2) is 0 Å². The molecule has 0 radical (unpaired) electrons. The van der Waals surface area contributed by atoms with Crippen LogP contribution in [0.15, 0.2) is 47.1 Å². The first-order valence-electron chi connectivity index (χ1n) is 7.63. The summed E-state index contributed by atoms with van der Waals surface area (Å²) in [5, 5.41) is 4.99. The van der Waals surface area contributed by atoms with E-state index in [1.54, 1.807) is 6.07 Å². The molecule has 1 aromatic carbocycles. The van der Waals surface area contributed by atoms with E-state index in [1.807, 2.05) is 0 Å². The van der Waals surface area contributed by atoms with Gasteiger partial charge in [-0.15, -0.1) is 0 Å². The van der Waals surface area contributed by atoms with Crippen molar-refractivity contribution < 1.29 is 28.3 Å². The number of nitrogens with one attached hydrogen (secondary N) is 2. The Morgan fingerprint density at radius 3 is 2.42 bits per heavy atom. The van der Waals surface area contributed by atoms with Crippen LogP contribution in [-0.2, 0) is 14.3 Å². The van der Waals surface area contributed by atoms with Crippen LogP contribution < -0.4 is 16.4 Å². The lowest BCUT2D eigenvalue weighted by Crippen LogP contribution is -2.27. The maximum atomic E-state index is 11.7. The van der Waals surface area contributed by atoms with Crippen LogP contribution in [0, 0.1) is 0 Å². The minimum atomic E-state index is -0.635. The second-order valence-electron chi connectivity index (χ2n) is 5.13. The number of benzene rings is 1. The van der Waals surface area contributed by atoms with Crippen molar-refractivity contribution in [2.75, 3.05) is 18.5 Å². The van der Waals surface area contributed by atoms with Gasteiger partial charge in [-0.3, -0.25) is 19.2 Å². The molecule has 0 unspecified atom stereocenters. The monoisotopic (exact) mass is 359 g/mol. The lowest BCUT2D eigenvalue weighted by Gasteiger charge is -2.07. The Kier molecular flexibility index (Phi) is 6.49. The van der Waals surface area contributed by atoms with Crippen LogP contribution in [0.5, 0.6) is 0 Å². The van der Waals surface area contributed by atoms with Crippen LogP contribution in [0.1, 0.15) is 27.3 Å². The SMILES string of the molecule is NC(=O)c1ccc(NC(=O)COC(=O)CCNC(=O)c2ccco2)cc1. The molecule has 0 aliphatic heterocycles. The van der Waals surface area contributed by atoms with E-state index in [0.29, 0.717) is 11.3 Å². The third kappa shape index (κ3) is 5.78. The maximum absolute atomic E-state index is 11.7. The predicted molar refractivity (Wildman–Crippen MR) is 90.2 cm³/mol. The molecule has 1 heterocycles. The number of esters is 1. The van der Waals surface area contributed by atoms with E-state index in [4.69, 9.17) is 14.9 Å². The van der Waals surface area contributed by atoms with Crippen molar-refractivity contribution in [2.45, 2.75) is 6.42 Å². The van der Waals surface area contributed by atoms with Crippen LogP contribution in [0.4, 0.5) is 5.69 Å². The lowest BCUT2D eigenvalue weighted by atomic mass is 10.2. The molecule has 0 saturated heterocycles. The van der Waals surface area contributed by atoms with E-state index in [0.717, 1.165) is 0 Å². The van der Waals surface area contributed by atoms with Gasteiger partial charge in [-0.2, -0.15) is 0 Å². The standard InChI is InChI=1S/C17H17N3O6/c18-16(23)11-3-5-12(6-4-11)20-14(21)10-26-15(22)7-8-19-17(24)13-2-1-9-25-13/h1-6,9H,7-8,10H2,(H2,18,23)(H,19,24)(H,20,21). The highest BCUT2D eigenvalue weighted by molar-refractivity contribution is 5.95. The maximum Gasteiger partial charge on any atom is 0.308 e. The summed E-state index contributed by atoms with van der Waals surface area (Å²) < 4.78 is 9.71. The summed E-state index contributed by atoms with van der Waals surface area (Å²) in [6.07, 6.45) is 1.27. The van der Waals surface area contributed by atoms with Crippen molar-refractivity contribution in [3.8, 4) is 0 Å². The van der Waals surface area contributed by atoms with Crippen molar-refractivity contribution in [3.63, 3.8) is 0 Å². The van der Waals surface area contributed by atoms with E-state index in [9.17, 15) is 19.2 Å². The minimum absolute atomic E-state index is 0.0502. The number of ether oxygens (including phenoxy) is 1. The molecule has 1 aromatic heterocycles. The summed E-state index contributed by atoms with van der Waals surface area (Å²) >= 11 is 0. The van der Waals surface area contributed by atoms with Crippen LogP contribution >= 0.6 is 0 Å². The van der Waals surface area contributed by atoms with Gasteiger partial charge in [0.05, 0.1) is 12.7 Å². The van der Waals surface area contributed by atoms with E-state index >= 15 is 0 Å². The summed E-state index contributed by atoms with van der Waals surface area (Å²) in [5.74, 6) is -2.05. The molecule has 3 amide bonds. The molecule has 0 bridgehead atoms. The van der Waals surface area contributed by atoms with Gasteiger partial charge in [0.25, 0.3) is 11.8 Å². The topological polar surface area (TPSA) is 141 Å². The van der Waals surface area contributed by atoms with Gasteiger partial charge in [0, 0.05) is 17.8 Å². The molecule has 136 valence electrons. The Balaban J connectivity index is 1.65. The summed E-state index contributed by atoms with van der Waals surface area (Å²) in [6, 6.07) is 9.00. The fourth-order valence-electron chi connectivity index (χ4n) is 1.91. The zero-order valence-electron chi connectivity index (χ0n) is 13.7. The highest BCUT2D eigenvalue weighted by atomic mass is 16.5. The third-order valence-corrected chi connectivity index (χ3v) is 3.18. The first-order chi connectivity index (χ1) is 12.5. The summed E-state index contributed by atoms with van der Waals surface area (Å²) in [4.78, 5) is 45.8. The van der Waals surface area contributed by atoms with Crippen molar-refractivity contribution in [2.24, 2.45) is 5.73 Å². The van der Waals surface area contributed by atoms with E-state index in [-0.39, 0.29) is 18.7 Å². The lowest BCUT2D eigenvalue weighted by molar-refractivity contribution is -0.147. The molecule has 9 heteroatoms. The van der Waals surface area contributed by atoms with Crippen molar-refractivity contribution in [1.82, 2.24) is 5.32 Å². The zero-order chi connectivity index (χ0) is 18.9. The van der Waals surface area contributed by atoms with Gasteiger partial charge >= 0.3 is 5.97 Å². The van der Waals surface area contributed by atoms with Gasteiger partial charge in [-0.05, 0) is 36.4 Å². The Morgan fingerprint density at radius 1 is 1.08 bits per heavy atom. The quantitative estimate of drug-likeness (QED) is 0.592. The van der Waals surface area contributed by atoms with Gasteiger partial charge < -0.3 is 25.5 Å². The van der Waals surface area contributed by atoms with Crippen molar-refractivity contribution in [1.29, 1.82) is 0 Å². The highest BCUT2D eigenvalue weighted by Crippen LogP contribution is 2.09. The molecular weight excluding hydrogens is 342 g/mol. The minimum Gasteiger partial charge on any atom is -0.459 e. The molecule has 0 aliphatic rings. The average Bonchev–Trinajstić information content (AvgIpc) is 3.15. The number of anilines is 1. The Bertz CT molecular complexity index is 783. The number of hydrogen-bond acceptors (Lipinski definition) is 6. The van der Waals surface area contributed by atoms with Gasteiger partial charge in [0.1, 0.15) is 0 Å². The third-order valence-electron chi connectivity index (χ3n) is 3.18. The first-order valence-corrected chi connectivity index (χ1v) is 7.63. The first kappa shape index (κ1) is 18.7. The number of hydrogen-bond donors (Lipinski definition) is 3. The van der Waals surface area contributed by atoms with E-state index in [2.05, 4.69) is 10.6 Å². The summed E-state index contributed by atoms with van der Waals surface area (Å²) in [6.45, 7) is -0.420. The molecular formula is C17H17N3O6. The molecule has 9 nitrogen and oxygen atoms in total. The molecule has 4 N–H and O–H groups in total. The van der Waals surface area contributed by atoms with Crippen molar-refractivity contribution >= 4 is 29.4 Å². The highest BCUT2D eigenvalue weighted by Gasteiger charge is 2.11. The fourth-order valence-corrected chi connectivity index (χ4v) is 1.91. The number of furan rings is 1. The summed E-state index contributed by atoms with van der Waals surface area (Å²) in [5.41, 5.74) is 5.86. The van der Waals surface area contributed by atoms with Crippen molar-refractivity contribution in [3.05, 3.63) is 54.0 Å². The van der Waals surface area contributed by atoms with E-state index < -0.39 is 30.3 Å². The Hall–Kier alpha value is -3.62. The van der Waals surface area contributed by atoms with E-state index in [1.165, 1.54) is 36.6 Å². The number of carbonyl (C=O) groups is 4. The van der Waals surface area contributed by atoms with Crippen LogP contribution in [-0.4, -0.2) is 36.8 Å².